The molecule has 4 rings (SSSR count). The molecule has 8 amide bonds. The summed E-state index contributed by atoms with van der Waals surface area (Å²) in [6.45, 7) is -0.460. The maximum absolute atomic E-state index is 14.6. The number of carboxylic acid groups (broad SMARTS) is 7. The Morgan fingerprint density at radius 3 is 0.444 bits per heavy atom. The van der Waals surface area contributed by atoms with E-state index in [-0.39, 0.29) is 242 Å². The molecule has 4 atom stereocenters. The molecule has 0 radical (unpaired) electrons. The summed E-state index contributed by atoms with van der Waals surface area (Å²) in [5, 5.41) is 90.3. The highest BCUT2D eigenvalue weighted by atomic mass is 16.5. The predicted molar refractivity (Wildman–Crippen MR) is 501 cm³/mol. The minimum absolute atomic E-state index is 0.0308. The Hall–Kier alpha value is -11.2. The van der Waals surface area contributed by atoms with E-state index in [1.165, 1.54) is 63.2 Å². The summed E-state index contributed by atoms with van der Waals surface area (Å²) in [6, 6.07) is -4.34. The van der Waals surface area contributed by atoms with Crippen LogP contribution in [-0.2, 0) is 120 Å². The molecule has 0 bridgehead atoms. The van der Waals surface area contributed by atoms with E-state index in [4.69, 9.17) is 23.7 Å². The zero-order chi connectivity index (χ0) is 106. The molecule has 0 unspecified atom stereocenters. The molecule has 4 aliphatic rings. The van der Waals surface area contributed by atoms with E-state index in [0.29, 0.717) is 0 Å². The first-order valence-electron chi connectivity index (χ1n) is 47.0. The highest BCUT2D eigenvalue weighted by molar-refractivity contribution is 5.90. The van der Waals surface area contributed by atoms with Crippen LogP contribution < -0.4 is 42.5 Å². The van der Waals surface area contributed by atoms with Crippen molar-refractivity contribution in [2.75, 3.05) is 376 Å². The minimum atomic E-state index is -1.85. The molecule has 15 N–H and O–H groups in total. The van der Waals surface area contributed by atoms with Gasteiger partial charge in [0.2, 0.25) is 47.3 Å². The molecule has 0 aliphatic carbocycles. The van der Waals surface area contributed by atoms with Crippen LogP contribution in [0.15, 0.2) is 0 Å². The van der Waals surface area contributed by atoms with E-state index in [1.54, 1.807) is 78.4 Å². The van der Waals surface area contributed by atoms with Crippen LogP contribution >= 0.6 is 0 Å². The summed E-state index contributed by atoms with van der Waals surface area (Å²) in [7, 11) is 6.00. The number of hydrogen-bond donors (Lipinski definition) is 15. The van der Waals surface area contributed by atoms with Gasteiger partial charge in [0.1, 0.15) is 0 Å². The van der Waals surface area contributed by atoms with Crippen LogP contribution in [0.4, 0.5) is 0 Å². The Labute approximate surface area is 825 Å². The zero-order valence-electron chi connectivity index (χ0n) is 83.1. The number of nitrogens with one attached hydrogen (secondary N) is 8. The summed E-state index contributed by atoms with van der Waals surface area (Å²) < 4.78 is 24.7. The lowest BCUT2D eigenvalue weighted by Gasteiger charge is -2.36. The molecule has 0 aromatic heterocycles. The fourth-order valence-corrected chi connectivity index (χ4v) is 15.9. The van der Waals surface area contributed by atoms with Crippen molar-refractivity contribution in [2.24, 2.45) is 5.41 Å². The Kier molecular flexibility index (Phi) is 57.7. The highest BCUT2D eigenvalue weighted by Gasteiger charge is 2.37. The molecule has 4 heterocycles. The van der Waals surface area contributed by atoms with E-state index in [2.05, 4.69) is 42.5 Å². The first kappa shape index (κ1) is 123. The molecule has 806 valence electrons. The first-order chi connectivity index (χ1) is 67.3. The molecule has 4 saturated heterocycles. The summed E-state index contributed by atoms with van der Waals surface area (Å²) in [5.74, 6) is -17.8. The van der Waals surface area contributed by atoms with Crippen LogP contribution in [0.2, 0.25) is 0 Å². The van der Waals surface area contributed by atoms with Gasteiger partial charge in [-0.25, -0.2) is 0 Å². The second-order valence-corrected chi connectivity index (χ2v) is 35.3. The van der Waals surface area contributed by atoms with E-state index in [0.717, 1.165) is 0 Å². The van der Waals surface area contributed by atoms with Gasteiger partial charge in [0.15, 0.2) is 0 Å². The van der Waals surface area contributed by atoms with Gasteiger partial charge in [-0.3, -0.25) is 174 Å². The van der Waals surface area contributed by atoms with Crippen LogP contribution in [0, 0.1) is 5.41 Å². The highest BCUT2D eigenvalue weighted by Crippen LogP contribution is 2.17. The number of nitrogens with zero attached hydrogens (tertiary/aromatic N) is 16. The van der Waals surface area contributed by atoms with Crippen LogP contribution in [0.3, 0.4) is 0 Å². The number of methoxy groups -OCH3 is 5. The van der Waals surface area contributed by atoms with Crippen molar-refractivity contribution in [3.63, 3.8) is 0 Å². The van der Waals surface area contributed by atoms with Crippen LogP contribution in [0.1, 0.15) is 27.7 Å². The number of carbonyl (C=O) groups is 20. The number of carboxylic acids is 7. The second-order valence-electron chi connectivity index (χ2n) is 35.3. The average Bonchev–Trinajstić information content (AvgIpc) is 0.850. The van der Waals surface area contributed by atoms with Gasteiger partial charge in [-0.05, 0) is 27.7 Å². The number of amides is 8. The predicted octanol–water partition coefficient (Wildman–Crippen LogP) is -13.2. The lowest BCUT2D eigenvalue weighted by atomic mass is 9.86. The summed E-state index contributed by atoms with van der Waals surface area (Å²) >= 11 is 0. The van der Waals surface area contributed by atoms with Gasteiger partial charge in [0.05, 0.1) is 164 Å². The normalized spacial score (nSPS) is 18.9. The van der Waals surface area contributed by atoms with Crippen molar-refractivity contribution in [3.05, 3.63) is 0 Å². The zero-order valence-corrected chi connectivity index (χ0v) is 83.1. The molecule has 4 fully saturated rings. The molecule has 0 saturated carbocycles. The Balaban J connectivity index is 1.83. The summed E-state index contributed by atoms with van der Waals surface area (Å²) in [5.41, 5.74) is -1.85. The first-order valence-corrected chi connectivity index (χ1v) is 47.0. The number of rotatable bonds is 48. The number of carbonyl (C=O) groups excluding carboxylic acids is 13. The van der Waals surface area contributed by atoms with E-state index in [9.17, 15) is 132 Å². The third-order valence-corrected chi connectivity index (χ3v) is 24.9. The lowest BCUT2D eigenvalue weighted by molar-refractivity contribution is -0.144. The topological polar surface area (TPSA) is 677 Å². The van der Waals surface area contributed by atoms with Gasteiger partial charge in [0.25, 0.3) is 0 Å². The van der Waals surface area contributed by atoms with Gasteiger partial charge in [-0.1, -0.05) is 0 Å². The molecule has 142 heavy (non-hydrogen) atoms. The second kappa shape index (κ2) is 66.6. The fourth-order valence-electron chi connectivity index (χ4n) is 15.9. The van der Waals surface area contributed by atoms with Crippen LogP contribution in [0.25, 0.3) is 0 Å². The number of esters is 5. The summed E-state index contributed by atoms with van der Waals surface area (Å²) in [6.07, 6.45) is 0. The molecule has 56 nitrogen and oxygen atoms in total. The standard InChI is InChI=1S/C86H150N24O32/c1-62(107-34-26-98(49-73(121)122)13-10-95(46-70(115)116)16-21-103(30-38-107)54-78(130)139-6)82(134)87-42-66(111)91-58-86(59-92-67(112)43-88-83(135)63(2)108-35-27-99(50-74(123)124)14-11-96(47-71(117)118)17-22-104(31-39-108)55-79(131)140-7,60-93-68(113)44-89-84(136)64(3)109-36-28-100(51-75(125)126)15-12-97(48-72(119)120)18-23-105(32-40-109)56-80(132)141-8)61-94-69(114)45-90-85(137)65(4)110-37-29-101(52-76(127)128)19-20-102(53-77(129)138-5)24-25-106(33-41-110)57-81(133)142-9/h62-65H,10-61H2,1-9H3,(H,87,134)(H,88,135)(H,89,136)(H,90,137)(H,91,111)(H,92,112)(H,93,113)(H,94,114)(H,115,116)(H,117,118)(H,119,120)(H,121,122)(H,123,124)(H,125,126)(H,127,128)/t62-,63-,64-,65-/m0/s1. The van der Waals surface area contributed by atoms with E-state index >= 15 is 0 Å². The third kappa shape index (κ3) is 51.1. The molecular weight excluding hydrogens is 1880 g/mol. The van der Waals surface area contributed by atoms with Gasteiger partial charge < -0.3 is 102 Å². The van der Waals surface area contributed by atoms with E-state index < -0.39 is 247 Å². The van der Waals surface area contributed by atoms with Gasteiger partial charge >= 0.3 is 71.6 Å². The molecule has 0 aromatic rings. The van der Waals surface area contributed by atoms with Crippen molar-refractivity contribution < 1.29 is 155 Å². The largest absolute Gasteiger partial charge is 0.480 e. The molecule has 0 aromatic carbocycles. The number of aliphatic carboxylic acids is 7. The maximum atomic E-state index is 14.6. The minimum Gasteiger partial charge on any atom is -0.480 e. The Morgan fingerprint density at radius 1 is 0.204 bits per heavy atom. The molecule has 4 aliphatic heterocycles. The molecular formula is C86H150N24O32. The summed E-state index contributed by atoms with van der Waals surface area (Å²) in [4.78, 5) is 291. The van der Waals surface area contributed by atoms with Crippen molar-refractivity contribution in [2.45, 2.75) is 51.9 Å². The lowest BCUT2D eigenvalue weighted by Crippen LogP contribution is -2.59. The Morgan fingerprint density at radius 2 is 0.324 bits per heavy atom. The average molecular weight is 2030 g/mol. The van der Waals surface area contributed by atoms with Crippen molar-refractivity contribution in [1.82, 2.24) is 121 Å². The number of ether oxygens (including phenoxy) is 5. The van der Waals surface area contributed by atoms with Crippen molar-refractivity contribution in [3.8, 4) is 0 Å². The molecule has 56 heteroatoms. The number of hydrogen-bond acceptors (Lipinski definition) is 41. The fraction of sp³-hybridized carbons (Fsp3) is 0.767. The van der Waals surface area contributed by atoms with Gasteiger partial charge in [-0.15, -0.1) is 0 Å². The third-order valence-electron chi connectivity index (χ3n) is 24.9. The SMILES string of the molecule is COC(=O)CN1CCN(CC(=O)O)CCN([C@@H](C)C(=O)NCC(=O)NCC(CNC(=O)CNC(=O)[C@H](C)N2CCN(CC(=O)O)CCN(CC(=O)O)CCN(CC(=O)OC)CC2)(CNC(=O)CNC(=O)[C@H](C)N2CCN(CC(=O)O)CCN(CC(=O)O)CCN(CC(=O)OC)CC2)CNC(=O)CNC(=O)[C@H](C)N2CCN(CC(=O)O)CCN(CC(=O)O)CCN(CC(=O)OC)CC2)CCN(CC(=O)OC)CC1. The van der Waals surface area contributed by atoms with Gasteiger partial charge in [-0.2, -0.15) is 0 Å². The van der Waals surface area contributed by atoms with E-state index in [1.807, 2.05) is 0 Å². The quantitative estimate of drug-likeness (QED) is 0.0199. The van der Waals surface area contributed by atoms with Crippen LogP contribution in [0.5, 0.6) is 0 Å². The smallest absolute Gasteiger partial charge is 0.319 e. The van der Waals surface area contributed by atoms with Crippen molar-refractivity contribution >= 4 is 119 Å². The Bertz CT molecular complexity index is 3810. The van der Waals surface area contributed by atoms with Crippen LogP contribution in [-0.4, -0.2) is 633 Å². The molecule has 0 spiro atoms. The van der Waals surface area contributed by atoms with Gasteiger partial charge in [0, 0.05) is 241 Å². The monoisotopic (exact) mass is 2030 g/mol. The van der Waals surface area contributed by atoms with Crippen molar-refractivity contribution in [1.29, 1.82) is 0 Å². The maximum Gasteiger partial charge on any atom is 0.319 e.